The zero-order chi connectivity index (χ0) is 14.8. The Morgan fingerprint density at radius 2 is 1.75 bits per heavy atom. The minimum absolute atomic E-state index is 0.0490. The predicted octanol–water partition coefficient (Wildman–Crippen LogP) is 4.09. The molecular formula is C18H33NO. The molecule has 1 heterocycles. The van der Waals surface area contributed by atoms with Crippen LogP contribution in [0.3, 0.4) is 0 Å². The van der Waals surface area contributed by atoms with Crippen LogP contribution in [0.2, 0.25) is 0 Å². The molecule has 0 aromatic heterocycles. The van der Waals surface area contributed by atoms with Crippen LogP contribution in [-0.2, 0) is 4.74 Å². The summed E-state index contributed by atoms with van der Waals surface area (Å²) >= 11 is 0. The van der Waals surface area contributed by atoms with Crippen LogP contribution >= 0.6 is 0 Å². The Kier molecular flexibility index (Phi) is 3.14. The molecule has 3 aliphatic rings. The van der Waals surface area contributed by atoms with Gasteiger partial charge in [0.25, 0.3) is 0 Å². The number of hydrogen-bond donors (Lipinski definition) is 0. The van der Waals surface area contributed by atoms with Gasteiger partial charge in [0.1, 0.15) is 0 Å². The molecular weight excluding hydrogens is 246 g/mol. The van der Waals surface area contributed by atoms with Crippen molar-refractivity contribution >= 4 is 0 Å². The molecule has 2 bridgehead atoms. The fourth-order valence-electron chi connectivity index (χ4n) is 6.07. The third kappa shape index (κ3) is 1.64. The van der Waals surface area contributed by atoms with E-state index in [0.717, 1.165) is 25.6 Å². The zero-order valence-electron chi connectivity index (χ0n) is 14.4. The third-order valence-corrected chi connectivity index (χ3v) is 7.49. The highest BCUT2D eigenvalue weighted by Gasteiger charge is 2.74. The predicted molar refractivity (Wildman–Crippen MR) is 83.9 cm³/mol. The number of likely N-dealkylation sites (N-methyl/N-ethyl adjacent to an activating group) is 1. The van der Waals surface area contributed by atoms with E-state index in [-0.39, 0.29) is 11.2 Å². The van der Waals surface area contributed by atoms with Crippen molar-refractivity contribution in [2.45, 2.75) is 78.4 Å². The quantitative estimate of drug-likeness (QED) is 0.768. The van der Waals surface area contributed by atoms with E-state index in [0.29, 0.717) is 10.8 Å². The largest absolute Gasteiger partial charge is 0.367 e. The molecule has 2 aliphatic carbocycles. The minimum Gasteiger partial charge on any atom is -0.367 e. The van der Waals surface area contributed by atoms with Crippen LogP contribution in [-0.4, -0.2) is 35.7 Å². The molecule has 0 amide bonds. The lowest BCUT2D eigenvalue weighted by atomic mass is 9.60. The van der Waals surface area contributed by atoms with E-state index in [1.54, 1.807) is 0 Å². The standard InChI is InChI=1S/C18H33NO/c1-7-19(8-2)13-16(5)12-18-10-9-14(11-18)15(3,4)17(18,6)20-16/h14H,7-13H2,1-6H3/t14?,16-,17?,18?/m1/s1. The molecule has 1 saturated heterocycles. The summed E-state index contributed by atoms with van der Waals surface area (Å²) in [5.74, 6) is 0.880. The number of fused-ring (bicyclic) bond motifs is 1. The Balaban J connectivity index is 1.88. The van der Waals surface area contributed by atoms with Crippen LogP contribution in [0.4, 0.5) is 0 Å². The van der Waals surface area contributed by atoms with Gasteiger partial charge in [0.2, 0.25) is 0 Å². The fraction of sp³-hybridized carbons (Fsp3) is 1.00. The maximum atomic E-state index is 6.89. The molecule has 3 rings (SSSR count). The topological polar surface area (TPSA) is 12.5 Å². The first-order chi connectivity index (χ1) is 9.22. The van der Waals surface area contributed by atoms with Gasteiger partial charge in [0.05, 0.1) is 11.2 Å². The monoisotopic (exact) mass is 279 g/mol. The maximum absolute atomic E-state index is 6.89. The van der Waals surface area contributed by atoms with E-state index in [4.69, 9.17) is 4.74 Å². The van der Waals surface area contributed by atoms with Crippen molar-refractivity contribution in [1.82, 2.24) is 4.90 Å². The molecule has 1 aliphatic heterocycles. The second kappa shape index (κ2) is 4.23. The average Bonchev–Trinajstić information content (AvgIpc) is 2.93. The molecule has 3 unspecified atom stereocenters. The molecule has 2 nitrogen and oxygen atoms in total. The second-order valence-electron chi connectivity index (χ2n) is 8.67. The van der Waals surface area contributed by atoms with Gasteiger partial charge < -0.3 is 9.64 Å². The van der Waals surface area contributed by atoms with Gasteiger partial charge in [-0.05, 0) is 64.0 Å². The van der Waals surface area contributed by atoms with Gasteiger partial charge in [-0.3, -0.25) is 0 Å². The Bertz CT molecular complexity index is 402. The summed E-state index contributed by atoms with van der Waals surface area (Å²) in [6.07, 6.45) is 5.50. The summed E-state index contributed by atoms with van der Waals surface area (Å²) in [5.41, 5.74) is 0.938. The van der Waals surface area contributed by atoms with Crippen molar-refractivity contribution < 1.29 is 4.74 Å². The zero-order valence-corrected chi connectivity index (χ0v) is 14.4. The summed E-state index contributed by atoms with van der Waals surface area (Å²) in [5, 5.41) is 0. The number of hydrogen-bond acceptors (Lipinski definition) is 2. The first-order valence-corrected chi connectivity index (χ1v) is 8.64. The number of ether oxygens (including phenoxy) is 1. The summed E-state index contributed by atoms with van der Waals surface area (Å²) in [4.78, 5) is 2.53. The third-order valence-electron chi connectivity index (χ3n) is 7.49. The molecule has 2 saturated carbocycles. The molecule has 116 valence electrons. The van der Waals surface area contributed by atoms with Gasteiger partial charge in [-0.15, -0.1) is 0 Å². The highest BCUT2D eigenvalue weighted by molar-refractivity contribution is 5.24. The average molecular weight is 279 g/mol. The molecule has 3 fully saturated rings. The number of nitrogens with zero attached hydrogens (tertiary/aromatic N) is 1. The Morgan fingerprint density at radius 1 is 1.10 bits per heavy atom. The Morgan fingerprint density at radius 3 is 2.30 bits per heavy atom. The first-order valence-electron chi connectivity index (χ1n) is 8.64. The van der Waals surface area contributed by atoms with Crippen LogP contribution in [0.5, 0.6) is 0 Å². The van der Waals surface area contributed by atoms with Crippen LogP contribution in [0, 0.1) is 16.7 Å². The molecule has 0 radical (unpaired) electrons. The highest BCUT2D eigenvalue weighted by atomic mass is 16.5. The van der Waals surface area contributed by atoms with Gasteiger partial charge in [-0.25, -0.2) is 0 Å². The number of rotatable bonds is 4. The van der Waals surface area contributed by atoms with Gasteiger partial charge in [0.15, 0.2) is 0 Å². The van der Waals surface area contributed by atoms with Gasteiger partial charge in [-0.2, -0.15) is 0 Å². The summed E-state index contributed by atoms with van der Waals surface area (Å²) in [6, 6.07) is 0. The van der Waals surface area contributed by atoms with E-state index in [9.17, 15) is 0 Å². The van der Waals surface area contributed by atoms with E-state index < -0.39 is 0 Å². The van der Waals surface area contributed by atoms with Crippen molar-refractivity contribution in [3.8, 4) is 0 Å². The van der Waals surface area contributed by atoms with Crippen molar-refractivity contribution in [2.75, 3.05) is 19.6 Å². The molecule has 0 aromatic rings. The first kappa shape index (κ1) is 14.8. The molecule has 1 spiro atoms. The lowest BCUT2D eigenvalue weighted by Gasteiger charge is -2.49. The summed E-state index contributed by atoms with van der Waals surface area (Å²) < 4.78 is 6.89. The maximum Gasteiger partial charge on any atom is 0.0795 e. The van der Waals surface area contributed by atoms with Crippen LogP contribution < -0.4 is 0 Å². The van der Waals surface area contributed by atoms with Gasteiger partial charge in [0, 0.05) is 12.0 Å². The minimum atomic E-state index is 0.0490. The highest BCUT2D eigenvalue weighted by Crippen LogP contribution is 2.75. The second-order valence-corrected chi connectivity index (χ2v) is 8.67. The van der Waals surface area contributed by atoms with Crippen molar-refractivity contribution in [1.29, 1.82) is 0 Å². The summed E-state index contributed by atoms with van der Waals surface area (Å²) in [7, 11) is 0. The van der Waals surface area contributed by atoms with Crippen molar-refractivity contribution in [2.24, 2.45) is 16.7 Å². The van der Waals surface area contributed by atoms with Crippen molar-refractivity contribution in [3.63, 3.8) is 0 Å². The van der Waals surface area contributed by atoms with E-state index >= 15 is 0 Å². The molecule has 0 N–H and O–H groups in total. The Hall–Kier alpha value is -0.0800. The molecule has 2 heteroatoms. The lowest BCUT2D eigenvalue weighted by molar-refractivity contribution is -0.174. The van der Waals surface area contributed by atoms with Gasteiger partial charge in [-0.1, -0.05) is 27.7 Å². The summed E-state index contributed by atoms with van der Waals surface area (Å²) in [6.45, 7) is 17.6. The van der Waals surface area contributed by atoms with Crippen LogP contribution in [0.1, 0.15) is 67.2 Å². The molecule has 20 heavy (non-hydrogen) atoms. The van der Waals surface area contributed by atoms with E-state index in [2.05, 4.69) is 46.4 Å². The van der Waals surface area contributed by atoms with E-state index in [1.165, 1.54) is 25.7 Å². The molecule has 0 aromatic carbocycles. The van der Waals surface area contributed by atoms with Crippen molar-refractivity contribution in [3.05, 3.63) is 0 Å². The van der Waals surface area contributed by atoms with E-state index in [1.807, 2.05) is 0 Å². The Labute approximate surface area is 125 Å². The lowest BCUT2D eigenvalue weighted by Crippen LogP contribution is -2.52. The SMILES string of the molecule is CCN(CC)C[C@@]1(C)CC23CCC(C2)C(C)(C)C3(C)O1. The van der Waals surface area contributed by atoms with Crippen LogP contribution in [0.15, 0.2) is 0 Å². The van der Waals surface area contributed by atoms with Crippen LogP contribution in [0.25, 0.3) is 0 Å². The normalized spacial score (nSPS) is 49.0. The fourth-order valence-corrected chi connectivity index (χ4v) is 6.07. The molecule has 4 atom stereocenters. The van der Waals surface area contributed by atoms with Gasteiger partial charge >= 0.3 is 0 Å². The smallest absolute Gasteiger partial charge is 0.0795 e.